The molecule has 0 aliphatic rings. The Hall–Kier alpha value is -1.84. The molecule has 1 aromatic carbocycles. The highest BCUT2D eigenvalue weighted by atomic mass is 16.5. The number of aliphatic hydroxyl groups excluding tert-OH is 4. The van der Waals surface area contributed by atoms with Gasteiger partial charge in [0.25, 0.3) is 0 Å². The van der Waals surface area contributed by atoms with Gasteiger partial charge in [-0.15, -0.1) is 0 Å². The lowest BCUT2D eigenvalue weighted by molar-refractivity contribution is -0.156. The van der Waals surface area contributed by atoms with Gasteiger partial charge in [0.15, 0.2) is 6.61 Å². The van der Waals surface area contributed by atoms with Gasteiger partial charge in [0.1, 0.15) is 24.4 Å². The molecule has 1 rings (SSSR count). The molecule has 0 aromatic heterocycles. The number of benzene rings is 1. The normalized spacial score (nSPS) is 16.2. The quantitative estimate of drug-likeness (QED) is 0.319. The first kappa shape index (κ1) is 19.2. The van der Waals surface area contributed by atoms with Gasteiger partial charge in [-0.3, -0.25) is 9.59 Å². The van der Waals surface area contributed by atoms with Gasteiger partial charge in [-0.25, -0.2) is 0 Å². The number of ether oxygens (including phenoxy) is 1. The van der Waals surface area contributed by atoms with Crippen molar-refractivity contribution in [1.29, 1.82) is 0 Å². The molecule has 6 N–H and O–H groups in total. The minimum atomic E-state index is -1.98. The summed E-state index contributed by atoms with van der Waals surface area (Å²) in [6.07, 6.45) is -5.30. The van der Waals surface area contributed by atoms with Crippen LogP contribution in [-0.2, 0) is 20.7 Å². The first-order chi connectivity index (χ1) is 10.9. The number of esters is 1. The van der Waals surface area contributed by atoms with Crippen molar-refractivity contribution < 1.29 is 34.8 Å². The van der Waals surface area contributed by atoms with E-state index in [4.69, 9.17) is 20.7 Å². The molecule has 0 heterocycles. The Morgan fingerprint density at radius 1 is 1.13 bits per heavy atom. The number of carbonyl (C=O) groups excluding carboxylic acids is 2. The molecule has 23 heavy (non-hydrogen) atoms. The summed E-state index contributed by atoms with van der Waals surface area (Å²) < 4.78 is 4.69. The van der Waals surface area contributed by atoms with Crippen LogP contribution in [0.1, 0.15) is 5.56 Å². The molecule has 0 aliphatic carbocycles. The van der Waals surface area contributed by atoms with Gasteiger partial charge in [-0.05, 0) is 12.0 Å². The Bertz CT molecular complexity index is 508. The Morgan fingerprint density at radius 2 is 1.74 bits per heavy atom. The first-order valence-electron chi connectivity index (χ1n) is 7.00. The molecule has 8 heteroatoms. The predicted octanol–water partition coefficient (Wildman–Crippen LogP) is -2.26. The smallest absolute Gasteiger partial charge is 0.323 e. The molecule has 128 valence electrons. The van der Waals surface area contributed by atoms with E-state index in [9.17, 15) is 19.8 Å². The lowest BCUT2D eigenvalue weighted by Crippen LogP contribution is -2.45. The highest BCUT2D eigenvalue weighted by Crippen LogP contribution is 2.05. The first-order valence-corrected chi connectivity index (χ1v) is 7.00. The molecule has 4 atom stereocenters. The van der Waals surface area contributed by atoms with Crippen LogP contribution in [0, 0.1) is 0 Å². The molecule has 0 fully saturated rings. The Balaban J connectivity index is 2.44. The summed E-state index contributed by atoms with van der Waals surface area (Å²) in [5, 5.41) is 36.6. The molecular formula is C15H21NO7. The minimum absolute atomic E-state index is 0.224. The highest BCUT2D eigenvalue weighted by molar-refractivity contribution is 5.87. The summed E-state index contributed by atoms with van der Waals surface area (Å²) in [4.78, 5) is 23.3. The van der Waals surface area contributed by atoms with E-state index in [1.54, 1.807) is 24.3 Å². The maximum atomic E-state index is 11.7. The van der Waals surface area contributed by atoms with E-state index in [0.29, 0.717) is 0 Å². The maximum Gasteiger partial charge on any atom is 0.323 e. The van der Waals surface area contributed by atoms with Crippen molar-refractivity contribution in [1.82, 2.24) is 0 Å². The number of ketones is 1. The van der Waals surface area contributed by atoms with Crippen LogP contribution < -0.4 is 5.73 Å². The van der Waals surface area contributed by atoms with E-state index in [0.717, 1.165) is 5.56 Å². The van der Waals surface area contributed by atoms with Crippen molar-refractivity contribution in [3.8, 4) is 0 Å². The summed E-state index contributed by atoms with van der Waals surface area (Å²) in [5.74, 6) is -1.84. The van der Waals surface area contributed by atoms with Gasteiger partial charge >= 0.3 is 5.97 Å². The second-order valence-electron chi connectivity index (χ2n) is 5.06. The standard InChI is InChI=1S/C15H21NO7/c16-10(6-9-4-2-1-3-5-9)15(22)23-8-12(19)14(21)13(20)11(18)7-17/h1-5,10-11,13-14,17-18,20-21H,6-8,16H2/t10-,11-,13+,14+/m0/s1. The molecule has 0 amide bonds. The lowest BCUT2D eigenvalue weighted by atomic mass is 10.1. The average molecular weight is 327 g/mol. The number of hydrogen-bond donors (Lipinski definition) is 5. The predicted molar refractivity (Wildman–Crippen MR) is 79.2 cm³/mol. The molecule has 0 radical (unpaired) electrons. The minimum Gasteiger partial charge on any atom is -0.456 e. The van der Waals surface area contributed by atoms with E-state index < -0.39 is 49.3 Å². The van der Waals surface area contributed by atoms with Crippen molar-refractivity contribution in [3.63, 3.8) is 0 Å². The number of aliphatic hydroxyl groups is 4. The monoisotopic (exact) mass is 327 g/mol. The van der Waals surface area contributed by atoms with Gasteiger partial charge < -0.3 is 30.9 Å². The zero-order valence-electron chi connectivity index (χ0n) is 12.4. The van der Waals surface area contributed by atoms with Crippen LogP contribution in [-0.4, -0.2) is 69.7 Å². The van der Waals surface area contributed by atoms with Crippen molar-refractivity contribution in [2.24, 2.45) is 5.73 Å². The molecule has 0 saturated carbocycles. The summed E-state index contributed by atoms with van der Waals surface area (Å²) in [7, 11) is 0. The van der Waals surface area contributed by atoms with Gasteiger partial charge in [-0.1, -0.05) is 30.3 Å². The second-order valence-corrected chi connectivity index (χ2v) is 5.06. The van der Waals surface area contributed by atoms with Crippen LogP contribution in [0.5, 0.6) is 0 Å². The largest absolute Gasteiger partial charge is 0.456 e. The van der Waals surface area contributed by atoms with E-state index in [1.165, 1.54) is 0 Å². The third-order valence-corrected chi connectivity index (χ3v) is 3.19. The summed E-state index contributed by atoms with van der Waals surface area (Å²) >= 11 is 0. The summed E-state index contributed by atoms with van der Waals surface area (Å²) in [6, 6.07) is 8.00. The third kappa shape index (κ3) is 6.05. The number of carbonyl (C=O) groups is 2. The van der Waals surface area contributed by atoms with E-state index >= 15 is 0 Å². The Morgan fingerprint density at radius 3 is 2.30 bits per heavy atom. The Kier molecular flexibility index (Phi) is 7.79. The van der Waals surface area contributed by atoms with Crippen molar-refractivity contribution in [2.45, 2.75) is 30.8 Å². The topological polar surface area (TPSA) is 150 Å². The molecule has 0 spiro atoms. The molecule has 0 saturated heterocycles. The van der Waals surface area contributed by atoms with Crippen LogP contribution in [0.3, 0.4) is 0 Å². The lowest BCUT2D eigenvalue weighted by Gasteiger charge is -2.20. The fourth-order valence-electron chi connectivity index (χ4n) is 1.79. The van der Waals surface area contributed by atoms with Crippen LogP contribution in [0.15, 0.2) is 30.3 Å². The zero-order valence-corrected chi connectivity index (χ0v) is 12.4. The fourth-order valence-corrected chi connectivity index (χ4v) is 1.79. The zero-order chi connectivity index (χ0) is 17.4. The van der Waals surface area contributed by atoms with Gasteiger partial charge in [-0.2, -0.15) is 0 Å². The fraction of sp³-hybridized carbons (Fsp3) is 0.467. The van der Waals surface area contributed by atoms with Crippen LogP contribution >= 0.6 is 0 Å². The van der Waals surface area contributed by atoms with Crippen LogP contribution in [0.2, 0.25) is 0 Å². The molecular weight excluding hydrogens is 306 g/mol. The van der Waals surface area contributed by atoms with Crippen LogP contribution in [0.25, 0.3) is 0 Å². The number of rotatable bonds is 9. The third-order valence-electron chi connectivity index (χ3n) is 3.19. The summed E-state index contributed by atoms with van der Waals surface area (Å²) in [6.45, 7) is -1.62. The van der Waals surface area contributed by atoms with E-state index in [1.807, 2.05) is 6.07 Å². The molecule has 0 unspecified atom stereocenters. The van der Waals surface area contributed by atoms with Crippen molar-refractivity contribution >= 4 is 11.8 Å². The van der Waals surface area contributed by atoms with Gasteiger partial charge in [0.2, 0.25) is 5.78 Å². The molecule has 0 bridgehead atoms. The average Bonchev–Trinajstić information content (AvgIpc) is 2.57. The van der Waals surface area contributed by atoms with Crippen molar-refractivity contribution in [2.75, 3.05) is 13.2 Å². The van der Waals surface area contributed by atoms with Crippen molar-refractivity contribution in [3.05, 3.63) is 35.9 Å². The molecule has 1 aromatic rings. The molecule has 0 aliphatic heterocycles. The SMILES string of the molecule is N[C@@H](Cc1ccccc1)C(=O)OCC(=O)[C@@H](O)[C@H](O)[C@@H](O)CO. The highest BCUT2D eigenvalue weighted by Gasteiger charge is 2.30. The molecule has 8 nitrogen and oxygen atoms in total. The maximum absolute atomic E-state index is 11.7. The number of hydrogen-bond acceptors (Lipinski definition) is 8. The van der Waals surface area contributed by atoms with Gasteiger partial charge in [0, 0.05) is 0 Å². The second kappa shape index (κ2) is 9.33. The van der Waals surface area contributed by atoms with Gasteiger partial charge in [0.05, 0.1) is 6.61 Å². The van der Waals surface area contributed by atoms with E-state index in [-0.39, 0.29) is 6.42 Å². The van der Waals surface area contributed by atoms with E-state index in [2.05, 4.69) is 0 Å². The van der Waals surface area contributed by atoms with Crippen LogP contribution in [0.4, 0.5) is 0 Å². The Labute approximate surface area is 133 Å². The number of Topliss-reactive ketones (excluding diaryl/α,β-unsaturated/α-hetero) is 1. The summed E-state index contributed by atoms with van der Waals surface area (Å²) in [5.41, 5.74) is 6.49. The number of nitrogens with two attached hydrogens (primary N) is 1.